The molecule has 0 saturated carbocycles. The molecule has 3 rings (SSSR count). The van der Waals surface area contributed by atoms with Crippen molar-refractivity contribution < 1.29 is 14.7 Å². The maximum Gasteiger partial charge on any atom is 0.307 e. The van der Waals surface area contributed by atoms with Crippen molar-refractivity contribution in [1.82, 2.24) is 9.38 Å². The smallest absolute Gasteiger partial charge is 0.307 e. The normalized spacial score (nSPS) is 10.8. The van der Waals surface area contributed by atoms with Gasteiger partial charge in [-0.15, -0.1) is 0 Å². The van der Waals surface area contributed by atoms with Crippen molar-refractivity contribution in [2.75, 3.05) is 5.32 Å². The number of anilines is 1. The van der Waals surface area contributed by atoms with Gasteiger partial charge in [-0.25, -0.2) is 4.98 Å². The first-order valence-corrected chi connectivity index (χ1v) is 7.51. The molecule has 0 fully saturated rings. The predicted molar refractivity (Wildman–Crippen MR) is 90.4 cm³/mol. The number of nitrogens with zero attached hydrogens (tertiary/aromatic N) is 2. The van der Waals surface area contributed by atoms with E-state index in [0.29, 0.717) is 22.5 Å². The third kappa shape index (κ3) is 3.12. The lowest BCUT2D eigenvalue weighted by Crippen LogP contribution is -2.12. The number of aliphatic carboxylic acids is 1. The maximum atomic E-state index is 12.5. The second-order valence-corrected chi connectivity index (χ2v) is 5.68. The molecule has 6 heteroatoms. The van der Waals surface area contributed by atoms with E-state index < -0.39 is 5.97 Å². The van der Waals surface area contributed by atoms with Gasteiger partial charge >= 0.3 is 5.97 Å². The van der Waals surface area contributed by atoms with Gasteiger partial charge in [0.25, 0.3) is 5.91 Å². The van der Waals surface area contributed by atoms with Gasteiger partial charge in [0, 0.05) is 23.3 Å². The van der Waals surface area contributed by atoms with Crippen molar-refractivity contribution in [2.24, 2.45) is 0 Å². The molecule has 3 aromatic rings. The van der Waals surface area contributed by atoms with Gasteiger partial charge in [0.1, 0.15) is 5.65 Å². The summed E-state index contributed by atoms with van der Waals surface area (Å²) in [6.07, 6.45) is 1.78. The minimum atomic E-state index is -0.885. The summed E-state index contributed by atoms with van der Waals surface area (Å²) in [7, 11) is 0. The van der Waals surface area contributed by atoms with Crippen LogP contribution in [0.4, 0.5) is 5.69 Å². The number of carboxylic acids is 1. The van der Waals surface area contributed by atoms with E-state index in [1.807, 2.05) is 30.5 Å². The number of amides is 1. The summed E-state index contributed by atoms with van der Waals surface area (Å²) in [5, 5.41) is 11.6. The minimum absolute atomic E-state index is 0.0408. The number of aromatic nitrogens is 2. The molecule has 0 saturated heterocycles. The van der Waals surface area contributed by atoms with Gasteiger partial charge in [0.15, 0.2) is 0 Å². The van der Waals surface area contributed by atoms with Gasteiger partial charge in [-0.05, 0) is 43.7 Å². The van der Waals surface area contributed by atoms with E-state index in [9.17, 15) is 9.59 Å². The van der Waals surface area contributed by atoms with Crippen LogP contribution >= 0.6 is 0 Å². The Balaban J connectivity index is 1.84. The molecule has 1 aromatic carbocycles. The Morgan fingerprint density at radius 1 is 1.17 bits per heavy atom. The number of fused-ring (bicyclic) bond motifs is 1. The third-order valence-corrected chi connectivity index (χ3v) is 3.75. The Labute approximate surface area is 138 Å². The zero-order chi connectivity index (χ0) is 17.3. The number of aryl methyl sites for hydroxylation is 2. The molecule has 2 heterocycles. The van der Waals surface area contributed by atoms with Crippen LogP contribution in [0.5, 0.6) is 0 Å². The summed E-state index contributed by atoms with van der Waals surface area (Å²) in [6, 6.07) is 10.5. The fourth-order valence-electron chi connectivity index (χ4n) is 2.65. The van der Waals surface area contributed by atoms with Crippen LogP contribution in [0.15, 0.2) is 42.6 Å². The summed E-state index contributed by atoms with van der Waals surface area (Å²) in [5.74, 6) is -1.13. The van der Waals surface area contributed by atoms with Crippen LogP contribution in [0.3, 0.4) is 0 Å². The lowest BCUT2D eigenvalue weighted by Gasteiger charge is -2.07. The van der Waals surface area contributed by atoms with E-state index in [1.54, 1.807) is 30.3 Å². The molecule has 122 valence electrons. The molecule has 24 heavy (non-hydrogen) atoms. The van der Waals surface area contributed by atoms with E-state index in [1.165, 1.54) is 0 Å². The van der Waals surface area contributed by atoms with Crippen LogP contribution in [-0.2, 0) is 11.2 Å². The van der Waals surface area contributed by atoms with Crippen LogP contribution in [0.1, 0.15) is 27.3 Å². The molecule has 0 bridgehead atoms. The molecule has 0 atom stereocenters. The Hall–Kier alpha value is -3.15. The molecule has 1 amide bonds. The average molecular weight is 323 g/mol. The van der Waals surface area contributed by atoms with Crippen LogP contribution < -0.4 is 5.32 Å². The number of nitrogens with one attached hydrogen (secondary N) is 1. The first-order chi connectivity index (χ1) is 11.4. The van der Waals surface area contributed by atoms with Gasteiger partial charge in [-0.2, -0.15) is 0 Å². The second kappa shape index (κ2) is 6.16. The number of benzene rings is 1. The molecule has 0 aliphatic rings. The Kier molecular flexibility index (Phi) is 4.04. The van der Waals surface area contributed by atoms with Crippen LogP contribution in [0.25, 0.3) is 5.65 Å². The first kappa shape index (κ1) is 15.7. The van der Waals surface area contributed by atoms with Crippen molar-refractivity contribution in [3.05, 3.63) is 65.1 Å². The number of rotatable bonds is 4. The van der Waals surface area contributed by atoms with Crippen molar-refractivity contribution in [1.29, 1.82) is 0 Å². The number of carboxylic acid groups (broad SMARTS) is 1. The van der Waals surface area contributed by atoms with Crippen molar-refractivity contribution >= 4 is 23.2 Å². The first-order valence-electron chi connectivity index (χ1n) is 7.51. The molecule has 0 aliphatic heterocycles. The zero-order valence-corrected chi connectivity index (χ0v) is 13.4. The molecule has 2 N–H and O–H groups in total. The van der Waals surface area contributed by atoms with Gasteiger partial charge in [0.2, 0.25) is 0 Å². The zero-order valence-electron chi connectivity index (χ0n) is 13.4. The van der Waals surface area contributed by atoms with E-state index in [2.05, 4.69) is 10.3 Å². The SMILES string of the molecule is Cc1cc(C)n2ccc(C(=O)Nc3ccc(CC(=O)O)cc3)c2n1. The Morgan fingerprint density at radius 2 is 1.88 bits per heavy atom. The summed E-state index contributed by atoms with van der Waals surface area (Å²) in [5.41, 5.74) is 4.27. The van der Waals surface area contributed by atoms with Crippen LogP contribution in [-0.4, -0.2) is 26.4 Å². The van der Waals surface area contributed by atoms with Crippen LogP contribution in [0, 0.1) is 13.8 Å². The van der Waals surface area contributed by atoms with Crippen molar-refractivity contribution in [2.45, 2.75) is 20.3 Å². The monoisotopic (exact) mass is 323 g/mol. The second-order valence-electron chi connectivity index (χ2n) is 5.68. The van der Waals surface area contributed by atoms with Gasteiger partial charge in [-0.3, -0.25) is 9.59 Å². The number of hydrogen-bond acceptors (Lipinski definition) is 3. The minimum Gasteiger partial charge on any atom is -0.481 e. The van der Waals surface area contributed by atoms with Gasteiger partial charge < -0.3 is 14.8 Å². The third-order valence-electron chi connectivity index (χ3n) is 3.75. The maximum absolute atomic E-state index is 12.5. The molecular weight excluding hydrogens is 306 g/mol. The fourth-order valence-corrected chi connectivity index (χ4v) is 2.65. The molecule has 0 radical (unpaired) electrons. The quantitative estimate of drug-likeness (QED) is 0.773. The molecule has 2 aromatic heterocycles. The van der Waals surface area contributed by atoms with E-state index in [-0.39, 0.29) is 12.3 Å². The topological polar surface area (TPSA) is 83.7 Å². The highest BCUT2D eigenvalue weighted by Crippen LogP contribution is 2.17. The number of carbonyl (C=O) groups excluding carboxylic acids is 1. The van der Waals surface area contributed by atoms with Gasteiger partial charge in [0.05, 0.1) is 12.0 Å². The largest absolute Gasteiger partial charge is 0.481 e. The standard InChI is InChI=1S/C18H17N3O3/c1-11-9-12(2)21-8-7-15(17(21)19-11)18(24)20-14-5-3-13(4-6-14)10-16(22)23/h3-9H,10H2,1-2H3,(H,20,24)(H,22,23). The fraction of sp³-hybridized carbons (Fsp3) is 0.167. The molecule has 0 spiro atoms. The lowest BCUT2D eigenvalue weighted by molar-refractivity contribution is -0.136. The summed E-state index contributed by atoms with van der Waals surface area (Å²) in [6.45, 7) is 3.85. The van der Waals surface area contributed by atoms with Crippen molar-refractivity contribution in [3.8, 4) is 0 Å². The Morgan fingerprint density at radius 3 is 2.54 bits per heavy atom. The van der Waals surface area contributed by atoms with Gasteiger partial charge in [-0.1, -0.05) is 12.1 Å². The lowest BCUT2D eigenvalue weighted by atomic mass is 10.1. The van der Waals surface area contributed by atoms with E-state index in [0.717, 1.165) is 11.4 Å². The van der Waals surface area contributed by atoms with E-state index >= 15 is 0 Å². The highest BCUT2D eigenvalue weighted by molar-refractivity contribution is 6.08. The predicted octanol–water partition coefficient (Wildman–Crippen LogP) is 2.83. The number of carbonyl (C=O) groups is 2. The van der Waals surface area contributed by atoms with Crippen LogP contribution in [0.2, 0.25) is 0 Å². The summed E-state index contributed by atoms with van der Waals surface area (Å²) >= 11 is 0. The molecule has 0 aliphatic carbocycles. The van der Waals surface area contributed by atoms with E-state index in [4.69, 9.17) is 5.11 Å². The highest BCUT2D eigenvalue weighted by Gasteiger charge is 2.14. The molecular formula is C18H17N3O3. The Bertz CT molecular complexity index is 927. The average Bonchev–Trinajstić information content (AvgIpc) is 2.93. The molecule has 0 unspecified atom stereocenters. The highest BCUT2D eigenvalue weighted by atomic mass is 16.4. The van der Waals surface area contributed by atoms with Crippen molar-refractivity contribution in [3.63, 3.8) is 0 Å². The molecule has 6 nitrogen and oxygen atoms in total. The summed E-state index contributed by atoms with van der Waals surface area (Å²) in [4.78, 5) is 27.6. The number of hydrogen-bond donors (Lipinski definition) is 2. The summed E-state index contributed by atoms with van der Waals surface area (Å²) < 4.78 is 1.87.